The fourth-order valence-electron chi connectivity index (χ4n) is 2.82. The van der Waals surface area contributed by atoms with Crippen LogP contribution in [-0.2, 0) is 9.53 Å². The topological polar surface area (TPSA) is 46.5 Å². The maximum absolute atomic E-state index is 11.9. The minimum absolute atomic E-state index is 0.0314. The van der Waals surface area contributed by atoms with Crippen LogP contribution < -0.4 is 0 Å². The summed E-state index contributed by atoms with van der Waals surface area (Å²) in [5.74, 6) is 0.588. The van der Waals surface area contributed by atoms with Gasteiger partial charge in [0.15, 0.2) is 0 Å². The number of hydrogen-bond acceptors (Lipinski definition) is 3. The lowest BCUT2D eigenvalue weighted by Gasteiger charge is -2.40. The van der Waals surface area contributed by atoms with Crippen LogP contribution in [0.5, 0.6) is 0 Å². The fraction of sp³-hybridized carbons (Fsp3) is 0.938. The Balaban J connectivity index is 2.38. The lowest BCUT2D eigenvalue weighted by atomic mass is 9.70. The minimum Gasteiger partial charge on any atom is -0.465 e. The molecule has 3 nitrogen and oxygen atoms in total. The SMILES string of the molecule is CCCCOC(=O)[C@H]1CC[C@H]([C@](C)(O)C(C)C)CC1. The van der Waals surface area contributed by atoms with Crippen molar-refractivity contribution in [1.29, 1.82) is 0 Å². The molecule has 1 aliphatic rings. The Morgan fingerprint density at radius 2 is 1.89 bits per heavy atom. The average Bonchev–Trinajstić information content (AvgIpc) is 2.39. The first-order valence-electron chi connectivity index (χ1n) is 7.78. The van der Waals surface area contributed by atoms with Crippen molar-refractivity contribution in [2.24, 2.45) is 17.8 Å². The maximum Gasteiger partial charge on any atom is 0.308 e. The van der Waals surface area contributed by atoms with E-state index < -0.39 is 5.60 Å². The predicted octanol–water partition coefficient (Wildman–Crippen LogP) is 3.54. The molecule has 1 fully saturated rings. The zero-order chi connectivity index (χ0) is 14.5. The minimum atomic E-state index is -0.614. The van der Waals surface area contributed by atoms with Crippen LogP contribution in [0, 0.1) is 17.8 Å². The standard InChI is InChI=1S/C16H30O3/c1-5-6-11-19-15(17)13-7-9-14(10-8-13)16(4,18)12(2)3/h12-14,18H,5-11H2,1-4H3/t13-,14-,16-/m1/s1. The Morgan fingerprint density at radius 1 is 1.32 bits per heavy atom. The van der Waals surface area contributed by atoms with Crippen LogP contribution in [0.4, 0.5) is 0 Å². The van der Waals surface area contributed by atoms with Crippen LogP contribution in [0.15, 0.2) is 0 Å². The van der Waals surface area contributed by atoms with E-state index in [1.807, 2.05) is 6.92 Å². The Kier molecular flexibility index (Phi) is 6.31. The highest BCUT2D eigenvalue weighted by atomic mass is 16.5. The summed E-state index contributed by atoms with van der Waals surface area (Å²) in [5.41, 5.74) is -0.614. The highest BCUT2D eigenvalue weighted by Crippen LogP contribution is 2.39. The van der Waals surface area contributed by atoms with Gasteiger partial charge in [-0.25, -0.2) is 0 Å². The van der Waals surface area contributed by atoms with Crippen LogP contribution in [0.1, 0.15) is 66.2 Å². The zero-order valence-corrected chi connectivity index (χ0v) is 12.9. The van der Waals surface area contributed by atoms with Crippen LogP contribution in [0.25, 0.3) is 0 Å². The third-order valence-electron chi connectivity index (χ3n) is 4.80. The quantitative estimate of drug-likeness (QED) is 0.593. The maximum atomic E-state index is 11.9. The number of carbonyl (C=O) groups is 1. The highest BCUT2D eigenvalue weighted by Gasteiger charge is 2.38. The van der Waals surface area contributed by atoms with Crippen molar-refractivity contribution in [3.8, 4) is 0 Å². The molecular formula is C16H30O3. The summed E-state index contributed by atoms with van der Waals surface area (Å²) < 4.78 is 5.29. The molecule has 0 amide bonds. The Labute approximate surface area is 117 Å². The van der Waals surface area contributed by atoms with Gasteiger partial charge in [0.2, 0.25) is 0 Å². The van der Waals surface area contributed by atoms with Gasteiger partial charge in [0, 0.05) is 0 Å². The molecule has 0 aliphatic heterocycles. The van der Waals surface area contributed by atoms with Gasteiger partial charge in [-0.15, -0.1) is 0 Å². The highest BCUT2D eigenvalue weighted by molar-refractivity contribution is 5.72. The third-order valence-corrected chi connectivity index (χ3v) is 4.80. The molecule has 0 unspecified atom stereocenters. The van der Waals surface area contributed by atoms with Crippen molar-refractivity contribution in [3.05, 3.63) is 0 Å². The van der Waals surface area contributed by atoms with Crippen molar-refractivity contribution >= 4 is 5.97 Å². The first kappa shape index (κ1) is 16.5. The van der Waals surface area contributed by atoms with E-state index in [1.165, 1.54) is 0 Å². The summed E-state index contributed by atoms with van der Waals surface area (Å²) in [6.45, 7) is 8.70. The van der Waals surface area contributed by atoms with E-state index in [1.54, 1.807) is 0 Å². The number of hydrogen-bond donors (Lipinski definition) is 1. The average molecular weight is 270 g/mol. The zero-order valence-electron chi connectivity index (χ0n) is 12.9. The molecule has 19 heavy (non-hydrogen) atoms. The first-order valence-corrected chi connectivity index (χ1v) is 7.78. The number of esters is 1. The summed E-state index contributed by atoms with van der Waals surface area (Å²) >= 11 is 0. The summed E-state index contributed by atoms with van der Waals surface area (Å²) in [6, 6.07) is 0. The molecule has 3 heteroatoms. The van der Waals surface area contributed by atoms with Crippen LogP contribution in [0.2, 0.25) is 0 Å². The van der Waals surface area contributed by atoms with Gasteiger partial charge in [-0.05, 0) is 50.9 Å². The lowest BCUT2D eigenvalue weighted by molar-refractivity contribution is -0.151. The predicted molar refractivity (Wildman–Crippen MR) is 76.8 cm³/mol. The third kappa shape index (κ3) is 4.48. The van der Waals surface area contributed by atoms with Crippen molar-refractivity contribution in [2.75, 3.05) is 6.61 Å². The molecular weight excluding hydrogens is 240 g/mol. The molecule has 1 atom stereocenters. The summed E-state index contributed by atoms with van der Waals surface area (Å²) in [5, 5.41) is 10.5. The largest absolute Gasteiger partial charge is 0.465 e. The van der Waals surface area contributed by atoms with E-state index in [0.717, 1.165) is 38.5 Å². The molecule has 0 spiro atoms. The van der Waals surface area contributed by atoms with Gasteiger partial charge in [-0.2, -0.15) is 0 Å². The van der Waals surface area contributed by atoms with E-state index >= 15 is 0 Å². The lowest BCUT2D eigenvalue weighted by Crippen LogP contribution is -2.42. The fourth-order valence-corrected chi connectivity index (χ4v) is 2.82. The summed E-state index contributed by atoms with van der Waals surface area (Å²) in [6.07, 6.45) is 5.58. The van der Waals surface area contributed by atoms with Crippen LogP contribution in [0.3, 0.4) is 0 Å². The van der Waals surface area contributed by atoms with Crippen molar-refractivity contribution < 1.29 is 14.6 Å². The van der Waals surface area contributed by atoms with E-state index in [-0.39, 0.29) is 17.8 Å². The van der Waals surface area contributed by atoms with Gasteiger partial charge in [0.1, 0.15) is 0 Å². The van der Waals surface area contributed by atoms with E-state index in [9.17, 15) is 9.90 Å². The van der Waals surface area contributed by atoms with Crippen LogP contribution >= 0.6 is 0 Å². The van der Waals surface area contributed by atoms with Crippen molar-refractivity contribution in [3.63, 3.8) is 0 Å². The number of aliphatic hydroxyl groups is 1. The Morgan fingerprint density at radius 3 is 2.37 bits per heavy atom. The van der Waals surface area contributed by atoms with Crippen molar-refractivity contribution in [1.82, 2.24) is 0 Å². The smallest absolute Gasteiger partial charge is 0.308 e. The van der Waals surface area contributed by atoms with Crippen molar-refractivity contribution in [2.45, 2.75) is 71.8 Å². The molecule has 0 aromatic rings. The number of ether oxygens (including phenoxy) is 1. The van der Waals surface area contributed by atoms with Crippen LogP contribution in [-0.4, -0.2) is 23.3 Å². The van der Waals surface area contributed by atoms with Gasteiger partial charge < -0.3 is 9.84 Å². The first-order chi connectivity index (χ1) is 8.89. The van der Waals surface area contributed by atoms with Gasteiger partial charge in [0.25, 0.3) is 0 Å². The van der Waals surface area contributed by atoms with Gasteiger partial charge >= 0.3 is 5.97 Å². The van der Waals surface area contributed by atoms with Gasteiger partial charge in [-0.3, -0.25) is 4.79 Å². The number of carbonyl (C=O) groups excluding carboxylic acids is 1. The molecule has 1 N–H and O–H groups in total. The normalized spacial score (nSPS) is 27.1. The molecule has 112 valence electrons. The molecule has 0 saturated heterocycles. The number of rotatable bonds is 6. The van der Waals surface area contributed by atoms with Gasteiger partial charge in [-0.1, -0.05) is 27.2 Å². The van der Waals surface area contributed by atoms with E-state index in [2.05, 4.69) is 20.8 Å². The molecule has 1 rings (SSSR count). The molecule has 0 aromatic carbocycles. The summed E-state index contributed by atoms with van der Waals surface area (Å²) in [7, 11) is 0. The molecule has 1 aliphatic carbocycles. The van der Waals surface area contributed by atoms with E-state index in [0.29, 0.717) is 12.5 Å². The van der Waals surface area contributed by atoms with Gasteiger partial charge in [0.05, 0.1) is 18.1 Å². The Bertz CT molecular complexity index is 276. The summed E-state index contributed by atoms with van der Waals surface area (Å²) in [4.78, 5) is 11.9. The molecule has 0 bridgehead atoms. The molecule has 1 saturated carbocycles. The molecule has 0 heterocycles. The number of unbranched alkanes of at least 4 members (excludes halogenated alkanes) is 1. The second-order valence-electron chi connectivity index (χ2n) is 6.45. The monoisotopic (exact) mass is 270 g/mol. The second kappa shape index (κ2) is 7.28. The molecule has 0 aromatic heterocycles. The Hall–Kier alpha value is -0.570. The van der Waals surface area contributed by atoms with E-state index in [4.69, 9.17) is 4.74 Å². The second-order valence-corrected chi connectivity index (χ2v) is 6.45. The molecule has 0 radical (unpaired) electrons.